The summed E-state index contributed by atoms with van der Waals surface area (Å²) in [5.41, 5.74) is 3.11. The number of Topliss-reactive ketones (excluding diaryl/α,β-unsaturated/α-hetero) is 1. The Morgan fingerprint density at radius 2 is 1.90 bits per heavy atom. The minimum absolute atomic E-state index is 0.0203. The molecule has 2 aliphatic rings. The molecule has 0 saturated carbocycles. The number of dihydropyridines is 1. The lowest BCUT2D eigenvalue weighted by molar-refractivity contribution is -0.138. The maximum atomic E-state index is 13.3. The standard InChI is InChI=1S/C24H28BrNO5/c1-7-8-31-23(28)20-13(2)26-16-11-24(3,4)12-17(27)22(16)21(20)14-9-18(29-5)19(30-6)10-15(14)25/h7,9-10,21,26H,1,8,11-12H2,2-6H3/t21-/m0/s1. The lowest BCUT2D eigenvalue weighted by Gasteiger charge is -2.39. The van der Waals surface area contributed by atoms with E-state index in [1.54, 1.807) is 20.3 Å². The normalized spacial score (nSPS) is 20.1. The van der Waals surface area contributed by atoms with Gasteiger partial charge in [0.2, 0.25) is 0 Å². The second-order valence-corrected chi connectivity index (χ2v) is 9.40. The van der Waals surface area contributed by atoms with E-state index in [1.165, 1.54) is 6.08 Å². The zero-order chi connectivity index (χ0) is 22.9. The van der Waals surface area contributed by atoms with Gasteiger partial charge in [-0.15, -0.1) is 0 Å². The first-order chi connectivity index (χ1) is 14.6. The van der Waals surface area contributed by atoms with Gasteiger partial charge in [-0.05, 0) is 36.5 Å². The Morgan fingerprint density at radius 1 is 1.26 bits per heavy atom. The van der Waals surface area contributed by atoms with Gasteiger partial charge in [0.25, 0.3) is 0 Å². The van der Waals surface area contributed by atoms with Gasteiger partial charge in [0.15, 0.2) is 17.3 Å². The summed E-state index contributed by atoms with van der Waals surface area (Å²) < 4.78 is 17.0. The van der Waals surface area contributed by atoms with Gasteiger partial charge in [0.05, 0.1) is 19.8 Å². The fourth-order valence-corrected chi connectivity index (χ4v) is 4.87. The van der Waals surface area contributed by atoms with Crippen molar-refractivity contribution in [3.8, 4) is 11.5 Å². The van der Waals surface area contributed by atoms with Crippen molar-refractivity contribution in [2.75, 3.05) is 20.8 Å². The molecule has 0 aromatic heterocycles. The number of benzene rings is 1. The molecular weight excluding hydrogens is 462 g/mol. The van der Waals surface area contributed by atoms with Crippen LogP contribution in [0.15, 0.2) is 51.8 Å². The third-order valence-electron chi connectivity index (χ3n) is 5.61. The topological polar surface area (TPSA) is 73.9 Å². The van der Waals surface area contributed by atoms with Crippen LogP contribution in [0.5, 0.6) is 11.5 Å². The number of nitrogens with one attached hydrogen (secondary N) is 1. The minimum atomic E-state index is -0.591. The molecule has 31 heavy (non-hydrogen) atoms. The molecule has 0 fully saturated rings. The van der Waals surface area contributed by atoms with Crippen LogP contribution in [0.4, 0.5) is 0 Å². The van der Waals surface area contributed by atoms with Crippen LogP contribution in [0.1, 0.15) is 45.1 Å². The Bertz CT molecular complexity index is 1010. The number of esters is 1. The molecule has 0 bridgehead atoms. The van der Waals surface area contributed by atoms with Gasteiger partial charge in [0, 0.05) is 33.8 Å². The van der Waals surface area contributed by atoms with Crippen LogP contribution < -0.4 is 14.8 Å². The number of ether oxygens (including phenoxy) is 3. The van der Waals surface area contributed by atoms with E-state index in [2.05, 4.69) is 41.7 Å². The molecule has 3 rings (SSSR count). The van der Waals surface area contributed by atoms with Gasteiger partial charge in [-0.2, -0.15) is 0 Å². The maximum absolute atomic E-state index is 13.3. The van der Waals surface area contributed by atoms with Crippen molar-refractivity contribution in [1.29, 1.82) is 0 Å². The number of halogens is 1. The molecule has 1 aliphatic heterocycles. The van der Waals surface area contributed by atoms with E-state index in [4.69, 9.17) is 14.2 Å². The summed E-state index contributed by atoms with van der Waals surface area (Å²) in [5.74, 6) is 0.00866. The summed E-state index contributed by atoms with van der Waals surface area (Å²) >= 11 is 3.61. The Hall–Kier alpha value is -2.54. The summed E-state index contributed by atoms with van der Waals surface area (Å²) in [7, 11) is 3.11. The molecule has 1 N–H and O–H groups in total. The summed E-state index contributed by atoms with van der Waals surface area (Å²) in [6.45, 7) is 9.68. The molecule has 0 radical (unpaired) electrons. The quantitative estimate of drug-likeness (QED) is 0.456. The lowest BCUT2D eigenvalue weighted by atomic mass is 9.68. The van der Waals surface area contributed by atoms with Crippen molar-refractivity contribution in [2.45, 2.75) is 39.5 Å². The number of methoxy groups -OCH3 is 2. The molecule has 0 unspecified atom stereocenters. The molecule has 0 spiro atoms. The van der Waals surface area contributed by atoms with Crippen molar-refractivity contribution >= 4 is 27.7 Å². The predicted molar refractivity (Wildman–Crippen MR) is 122 cm³/mol. The van der Waals surface area contributed by atoms with Crippen molar-refractivity contribution in [3.05, 3.63) is 57.4 Å². The Labute approximate surface area is 191 Å². The van der Waals surface area contributed by atoms with Gasteiger partial charge in [0.1, 0.15) is 6.61 Å². The van der Waals surface area contributed by atoms with Gasteiger partial charge in [-0.1, -0.05) is 42.4 Å². The monoisotopic (exact) mass is 489 g/mol. The largest absolute Gasteiger partial charge is 0.493 e. The van der Waals surface area contributed by atoms with Gasteiger partial charge in [-0.25, -0.2) is 4.79 Å². The second-order valence-electron chi connectivity index (χ2n) is 8.55. The van der Waals surface area contributed by atoms with E-state index >= 15 is 0 Å². The van der Waals surface area contributed by atoms with E-state index in [0.717, 1.165) is 11.3 Å². The highest BCUT2D eigenvalue weighted by molar-refractivity contribution is 9.10. The van der Waals surface area contributed by atoms with Crippen molar-refractivity contribution in [3.63, 3.8) is 0 Å². The van der Waals surface area contributed by atoms with Crippen molar-refractivity contribution < 1.29 is 23.8 Å². The lowest BCUT2D eigenvalue weighted by Crippen LogP contribution is -2.38. The first kappa shape index (κ1) is 23.1. The van der Waals surface area contributed by atoms with E-state index < -0.39 is 11.9 Å². The summed E-state index contributed by atoms with van der Waals surface area (Å²) in [6, 6.07) is 3.60. The third kappa shape index (κ3) is 4.42. The first-order valence-corrected chi connectivity index (χ1v) is 10.9. The number of allylic oxidation sites excluding steroid dienone is 3. The average Bonchev–Trinajstić information content (AvgIpc) is 2.69. The number of carbonyl (C=O) groups is 2. The first-order valence-electron chi connectivity index (χ1n) is 10.1. The SMILES string of the molecule is C=CCOC(=O)C1=C(C)NC2=C(C(=O)CC(C)(C)C2)[C@H]1c1cc(OC)c(OC)cc1Br. The smallest absolute Gasteiger partial charge is 0.337 e. The number of hydrogen-bond acceptors (Lipinski definition) is 6. The highest BCUT2D eigenvalue weighted by atomic mass is 79.9. The highest BCUT2D eigenvalue weighted by Crippen LogP contribution is 2.49. The van der Waals surface area contributed by atoms with Crippen LogP contribution in [-0.4, -0.2) is 32.6 Å². The van der Waals surface area contributed by atoms with E-state index in [1.807, 2.05) is 13.0 Å². The molecule has 1 aliphatic carbocycles. The van der Waals surface area contributed by atoms with E-state index in [9.17, 15) is 9.59 Å². The second kappa shape index (κ2) is 8.91. The molecule has 0 saturated heterocycles. The zero-order valence-corrected chi connectivity index (χ0v) is 20.1. The number of carbonyl (C=O) groups excluding carboxylic acids is 2. The maximum Gasteiger partial charge on any atom is 0.337 e. The molecule has 0 amide bonds. The molecule has 6 nitrogen and oxygen atoms in total. The molecule has 1 aromatic carbocycles. The van der Waals surface area contributed by atoms with Crippen LogP contribution in [0.2, 0.25) is 0 Å². The molecule has 166 valence electrons. The number of ketones is 1. The van der Waals surface area contributed by atoms with E-state index in [-0.39, 0.29) is 17.8 Å². The number of hydrogen-bond donors (Lipinski definition) is 1. The molecule has 1 atom stereocenters. The van der Waals surface area contributed by atoms with E-state index in [0.29, 0.717) is 45.7 Å². The molecule has 1 heterocycles. The zero-order valence-electron chi connectivity index (χ0n) is 18.6. The summed E-state index contributed by atoms with van der Waals surface area (Å²) in [5, 5.41) is 3.32. The van der Waals surface area contributed by atoms with Crippen LogP contribution >= 0.6 is 15.9 Å². The van der Waals surface area contributed by atoms with Gasteiger partial charge in [-0.3, -0.25) is 4.79 Å². The van der Waals surface area contributed by atoms with Gasteiger partial charge < -0.3 is 19.5 Å². The van der Waals surface area contributed by atoms with Crippen LogP contribution in [0, 0.1) is 5.41 Å². The van der Waals surface area contributed by atoms with Gasteiger partial charge >= 0.3 is 5.97 Å². The van der Waals surface area contributed by atoms with Crippen LogP contribution in [-0.2, 0) is 14.3 Å². The Kier molecular flexibility index (Phi) is 6.65. The van der Waals surface area contributed by atoms with Crippen molar-refractivity contribution in [1.82, 2.24) is 5.32 Å². The Morgan fingerprint density at radius 3 is 2.52 bits per heavy atom. The number of rotatable bonds is 6. The van der Waals surface area contributed by atoms with Crippen LogP contribution in [0.3, 0.4) is 0 Å². The Balaban J connectivity index is 2.25. The molecule has 1 aromatic rings. The average molecular weight is 490 g/mol. The summed E-state index contributed by atoms with van der Waals surface area (Å²) in [6.07, 6.45) is 2.63. The third-order valence-corrected chi connectivity index (χ3v) is 6.29. The fourth-order valence-electron chi connectivity index (χ4n) is 4.32. The predicted octanol–water partition coefficient (Wildman–Crippen LogP) is 4.80. The molecular formula is C24H28BrNO5. The minimum Gasteiger partial charge on any atom is -0.493 e. The fraction of sp³-hybridized carbons (Fsp3) is 0.417. The summed E-state index contributed by atoms with van der Waals surface area (Å²) in [4.78, 5) is 26.4. The van der Waals surface area contributed by atoms with Crippen molar-refractivity contribution in [2.24, 2.45) is 5.41 Å². The van der Waals surface area contributed by atoms with Crippen LogP contribution in [0.25, 0.3) is 0 Å². The highest BCUT2D eigenvalue weighted by Gasteiger charge is 2.44. The molecule has 7 heteroatoms.